The second kappa shape index (κ2) is 29.5. The Morgan fingerprint density at radius 2 is 0.515 bits per heavy atom. The van der Waals surface area contributed by atoms with Crippen LogP contribution in [0.15, 0.2) is 330 Å². The van der Waals surface area contributed by atoms with Gasteiger partial charge in [-0.15, -0.1) is 0 Å². The molecule has 8 heterocycles. The molecule has 0 aliphatic heterocycles. The first-order valence-corrected chi connectivity index (χ1v) is 47.9. The number of nitriles is 1. The molecule has 0 radical (unpaired) electrons. The van der Waals surface area contributed by atoms with Crippen LogP contribution in [0, 0.1) is 18.3 Å². The highest BCUT2D eigenvalue weighted by atomic mass is 16.3. The summed E-state index contributed by atoms with van der Waals surface area (Å²) in [5, 5.41) is 45.2. The molecule has 28 rings (SSSR count). The van der Waals surface area contributed by atoms with Crippen LogP contribution in [0.3, 0.4) is 0 Å². The molecule has 0 atom stereocenters. The van der Waals surface area contributed by atoms with Gasteiger partial charge in [0.25, 0.3) is 0 Å². The van der Waals surface area contributed by atoms with Gasteiger partial charge in [0.05, 0.1) is 61.3 Å². The lowest BCUT2D eigenvalue weighted by molar-refractivity contribution is 0.669. The van der Waals surface area contributed by atoms with Crippen molar-refractivity contribution in [1.82, 2.24) is 13.2 Å². The third-order valence-electron chi connectivity index (χ3n) is 30.2. The molecule has 0 spiro atoms. The number of benzene rings is 20. The summed E-state index contributed by atoms with van der Waals surface area (Å²) >= 11 is 0. The number of nitrogens with zero attached hydrogens (tertiary/aromatic N) is 4. The number of furan rings is 2. The Bertz CT molecular complexity index is 9530. The molecule has 0 saturated carbocycles. The Hall–Kier alpha value is -15.6. The van der Waals surface area contributed by atoms with Crippen LogP contribution >= 0.6 is 0 Å². The van der Waals surface area contributed by atoms with Gasteiger partial charge in [-0.1, -0.05) is 259 Å². The number of para-hydroxylation sites is 3. The van der Waals surface area contributed by atoms with Crippen LogP contribution in [0.5, 0.6) is 0 Å². The molecule has 0 unspecified atom stereocenters. The molecule has 0 amide bonds. The summed E-state index contributed by atoms with van der Waals surface area (Å²) in [7, 11) is 0. The van der Waals surface area contributed by atoms with E-state index in [1.54, 1.807) is 0 Å². The lowest BCUT2D eigenvalue weighted by Crippen LogP contribution is -1.88. The van der Waals surface area contributed by atoms with Crippen LogP contribution in [0.2, 0.25) is 0 Å². The molecule has 6 heteroatoms. The van der Waals surface area contributed by atoms with Gasteiger partial charge in [0.15, 0.2) is 0 Å². The smallest absolute Gasteiger partial charge is 0.143 e. The summed E-state index contributed by atoms with van der Waals surface area (Å²) in [6, 6.07) is 123. The highest BCUT2D eigenvalue weighted by molar-refractivity contribution is 6.31. The van der Waals surface area contributed by atoms with Gasteiger partial charge in [0, 0.05) is 91.7 Å². The van der Waals surface area contributed by atoms with Crippen LogP contribution in [0.25, 0.3) is 256 Å². The van der Waals surface area contributed by atoms with E-state index < -0.39 is 0 Å². The van der Waals surface area contributed by atoms with Crippen molar-refractivity contribution < 1.29 is 8.83 Å². The fourth-order valence-corrected chi connectivity index (χ4v) is 22.7. The maximum absolute atomic E-state index is 9.69. The summed E-state index contributed by atoms with van der Waals surface area (Å²) < 4.78 is 20.3. The van der Waals surface area contributed by atoms with Gasteiger partial charge in [0.2, 0.25) is 0 Å². The zero-order chi connectivity index (χ0) is 90.5. The number of hydrogen-bond donors (Lipinski definition) is 0. The van der Waals surface area contributed by atoms with Crippen molar-refractivity contribution in [1.29, 1.82) is 5.26 Å². The lowest BCUT2D eigenvalue weighted by Gasteiger charge is -2.10. The van der Waals surface area contributed by atoms with E-state index in [4.69, 9.17) is 8.83 Å². The first-order chi connectivity index (χ1) is 65.1. The second-order valence-corrected chi connectivity index (χ2v) is 40.3. The quantitative estimate of drug-likeness (QED) is 0.145. The van der Waals surface area contributed by atoms with Crippen LogP contribution in [0.1, 0.15) is 163 Å². The fraction of sp³-hybridized carbons (Fsp3) is 0.148. The number of fused-ring (bicyclic) bond motifs is 30. The molecule has 0 saturated heterocycles. The van der Waals surface area contributed by atoms with E-state index in [-0.39, 0.29) is 0 Å². The minimum absolute atomic E-state index is 0.482. The van der Waals surface area contributed by atoms with Gasteiger partial charge in [-0.05, 0) is 319 Å². The van der Waals surface area contributed by atoms with Gasteiger partial charge in [-0.25, -0.2) is 0 Å². The largest absolute Gasteiger partial charge is 0.456 e. The highest BCUT2D eigenvalue weighted by Gasteiger charge is 2.28. The van der Waals surface area contributed by atoms with Crippen LogP contribution in [0.4, 0.5) is 0 Å². The predicted octanol–water partition coefficient (Wildman–Crippen LogP) is 37.1. The van der Waals surface area contributed by atoms with E-state index in [9.17, 15) is 5.26 Å². The van der Waals surface area contributed by atoms with E-state index in [1.165, 1.54) is 235 Å². The molecular weight excluding hydrogens is 1630 g/mol. The van der Waals surface area contributed by atoms with E-state index in [0.29, 0.717) is 41.1 Å². The van der Waals surface area contributed by atoms with Gasteiger partial charge in [-0.3, -0.25) is 0 Å². The van der Waals surface area contributed by atoms with Crippen LogP contribution in [-0.2, 0) is 0 Å². The van der Waals surface area contributed by atoms with Crippen molar-refractivity contribution in [2.24, 2.45) is 0 Å². The summed E-state index contributed by atoms with van der Waals surface area (Å²) in [6.45, 7) is 29.3. The molecule has 0 aliphatic rings. The summed E-state index contributed by atoms with van der Waals surface area (Å²) in [5.41, 5.74) is 32.3. The average Bonchev–Trinajstić information content (AvgIpc) is 1.54. The first-order valence-electron chi connectivity index (χ1n) is 47.9. The standard InChI is InChI=1S/2C44H33NO.C40H32N2/c1-24(2)26-12-14-28-22-40-36(18-30(28)16-26)38-20-32(33-9-7-10-35-34-8-5-6-11-42(34)46-44(33)35)21-39-37-19-31-17-27(25(3)4)13-15-29(31)23-41(37)45(40)43(38)39;1-24(2)26-9-11-29-22-40-35(18-31(29)15-26)38-20-33(28-13-14-43-37(17-28)34-7-5-6-8-42(34)46-43)21-39-36-19-32-16-27(25(3)4)10-12-30(32)23-41(36)45(40)44(38)39;1-22(2)26-8-10-28-19-38-34(15-30(28)13-26)36-17-32(33-12-25(21-41)7-6-24(33)5)18-37-35-16-31-14-27(23(3)4)9-11-29(31)20-39(35)42(38)40(36)37/h2*5-25H,1-4H3;6-20,22-23H,1-5H3. The van der Waals surface area contributed by atoms with Crippen molar-refractivity contribution in [3.63, 3.8) is 0 Å². The molecule has 20 aromatic carbocycles. The minimum Gasteiger partial charge on any atom is -0.456 e. The van der Waals surface area contributed by atoms with Crippen molar-refractivity contribution in [2.45, 2.75) is 126 Å². The number of aryl methyl sites for hydroxylation is 1. The maximum Gasteiger partial charge on any atom is 0.143 e. The van der Waals surface area contributed by atoms with Gasteiger partial charge in [-0.2, -0.15) is 5.26 Å². The van der Waals surface area contributed by atoms with E-state index in [2.05, 4.69) is 407 Å². The van der Waals surface area contributed by atoms with Gasteiger partial charge >= 0.3 is 0 Å². The number of aromatic nitrogens is 3. The topological polar surface area (TPSA) is 63.3 Å². The predicted molar refractivity (Wildman–Crippen MR) is 573 cm³/mol. The normalized spacial score (nSPS) is 12.6. The Labute approximate surface area is 775 Å². The summed E-state index contributed by atoms with van der Waals surface area (Å²) in [6.07, 6.45) is 0. The molecule has 6 nitrogen and oxygen atoms in total. The van der Waals surface area contributed by atoms with E-state index in [1.807, 2.05) is 24.3 Å². The van der Waals surface area contributed by atoms with Crippen molar-refractivity contribution >= 4 is 223 Å². The molecular formula is C128H98N4O2. The average molecular weight is 1720 g/mol. The lowest BCUT2D eigenvalue weighted by atomic mass is 9.93. The third-order valence-corrected chi connectivity index (χ3v) is 30.2. The first kappa shape index (κ1) is 79.4. The zero-order valence-electron chi connectivity index (χ0n) is 77.7. The Balaban J connectivity index is 0.000000105. The molecule has 8 aromatic heterocycles. The minimum atomic E-state index is 0.482. The van der Waals surface area contributed by atoms with Crippen molar-refractivity contribution in [2.75, 3.05) is 0 Å². The van der Waals surface area contributed by atoms with Crippen molar-refractivity contribution in [3.05, 3.63) is 366 Å². The molecule has 0 fully saturated rings. The molecule has 642 valence electrons. The second-order valence-electron chi connectivity index (χ2n) is 40.3. The SMILES string of the molecule is CC(C)c1ccc2cc3c(cc2c1)c1cc(-c2ccc4oc5ccccc5c4c2)cc2c4cc5cc(C(C)C)ccc5cc4n3c12.CC(C)c1ccc2cc3c(cc2c1)c1cc(-c2cccc4c2oc2ccccc24)cc2c4cc5cc(C(C)C)ccc5cc4n3c12.Cc1ccc(C#N)cc1-c1cc2c3cc4cc(C(C)C)ccc4cc3n3c4cc5ccc(C(C)C)cc5cc4c(c1)c23. The Morgan fingerprint density at radius 3 is 0.858 bits per heavy atom. The molecule has 0 aliphatic carbocycles. The molecule has 0 N–H and O–H groups in total. The highest BCUT2D eigenvalue weighted by Crippen LogP contribution is 2.51. The molecule has 28 aromatic rings. The number of rotatable bonds is 9. The van der Waals surface area contributed by atoms with Crippen LogP contribution in [-0.4, -0.2) is 13.2 Å². The monoisotopic (exact) mass is 1720 g/mol. The summed E-state index contributed by atoms with van der Waals surface area (Å²) in [5.74, 6) is 2.91. The molecule has 0 bridgehead atoms. The maximum atomic E-state index is 9.69. The zero-order valence-corrected chi connectivity index (χ0v) is 77.7. The Morgan fingerprint density at radius 1 is 0.216 bits per heavy atom. The molecule has 134 heavy (non-hydrogen) atoms. The van der Waals surface area contributed by atoms with E-state index >= 15 is 0 Å². The fourth-order valence-electron chi connectivity index (χ4n) is 22.7. The van der Waals surface area contributed by atoms with Gasteiger partial charge in [0.1, 0.15) is 22.3 Å². The number of hydrogen-bond acceptors (Lipinski definition) is 3. The summed E-state index contributed by atoms with van der Waals surface area (Å²) in [4.78, 5) is 0. The van der Waals surface area contributed by atoms with E-state index in [0.717, 1.165) is 60.6 Å². The van der Waals surface area contributed by atoms with Crippen LogP contribution < -0.4 is 0 Å². The van der Waals surface area contributed by atoms with Gasteiger partial charge < -0.3 is 22.0 Å². The van der Waals surface area contributed by atoms with Crippen molar-refractivity contribution in [3.8, 4) is 39.4 Å². The third kappa shape index (κ3) is 12.1. The Kier molecular flexibility index (Phi) is 17.5.